The van der Waals surface area contributed by atoms with Crippen molar-refractivity contribution in [2.45, 2.75) is 44.6 Å². The van der Waals surface area contributed by atoms with Gasteiger partial charge in [0, 0.05) is 24.7 Å². The van der Waals surface area contributed by atoms with E-state index in [0.29, 0.717) is 11.3 Å². The molecule has 1 saturated heterocycles. The van der Waals surface area contributed by atoms with Gasteiger partial charge in [0.05, 0.1) is 5.69 Å². The summed E-state index contributed by atoms with van der Waals surface area (Å²) in [6.07, 6.45) is 7.07. The van der Waals surface area contributed by atoms with Crippen LogP contribution in [0.4, 0.5) is 5.82 Å². The molecule has 1 aromatic heterocycles. The third-order valence-corrected chi connectivity index (χ3v) is 4.43. The Morgan fingerprint density at radius 3 is 2.89 bits per heavy atom. The summed E-state index contributed by atoms with van der Waals surface area (Å²) < 4.78 is 0. The third kappa shape index (κ3) is 2.70. The van der Waals surface area contributed by atoms with E-state index in [2.05, 4.69) is 20.2 Å². The summed E-state index contributed by atoms with van der Waals surface area (Å²) in [7, 11) is 2.04. The Balaban J connectivity index is 1.92. The second kappa shape index (κ2) is 5.63. The van der Waals surface area contributed by atoms with Crippen molar-refractivity contribution in [3.63, 3.8) is 0 Å². The standard InChI is InChI=1S/C14H21ClN4/c1-16-10-5-4-8-19(9-10)13-11-6-2-3-7-12(11)17-14(15)18-13/h10,16H,2-9H2,1H3/t10-/m1/s1. The Bertz CT molecular complexity index is 463. The molecule has 5 heteroatoms. The van der Waals surface area contributed by atoms with Crippen LogP contribution in [-0.4, -0.2) is 36.1 Å². The molecule has 1 aromatic rings. The molecule has 0 unspecified atom stereocenters. The Hall–Kier alpha value is -0.870. The van der Waals surface area contributed by atoms with Crippen LogP contribution in [0.1, 0.15) is 36.9 Å². The topological polar surface area (TPSA) is 41.0 Å². The summed E-state index contributed by atoms with van der Waals surface area (Å²) in [5, 5.41) is 3.79. The van der Waals surface area contributed by atoms with E-state index in [-0.39, 0.29) is 0 Å². The smallest absolute Gasteiger partial charge is 0.224 e. The zero-order valence-electron chi connectivity index (χ0n) is 11.5. The van der Waals surface area contributed by atoms with Crippen molar-refractivity contribution in [3.05, 3.63) is 16.5 Å². The predicted molar refractivity (Wildman–Crippen MR) is 78.0 cm³/mol. The van der Waals surface area contributed by atoms with Gasteiger partial charge in [-0.2, -0.15) is 0 Å². The normalized spacial score (nSPS) is 23.3. The number of aryl methyl sites for hydroxylation is 1. The zero-order chi connectivity index (χ0) is 13.2. The maximum atomic E-state index is 6.11. The summed E-state index contributed by atoms with van der Waals surface area (Å²) in [5.74, 6) is 1.09. The molecule has 1 atom stereocenters. The summed E-state index contributed by atoms with van der Waals surface area (Å²) in [4.78, 5) is 11.3. The molecular formula is C14H21ClN4. The van der Waals surface area contributed by atoms with E-state index >= 15 is 0 Å². The number of aromatic nitrogens is 2. The van der Waals surface area contributed by atoms with Gasteiger partial charge in [-0.3, -0.25) is 0 Å². The molecule has 2 aliphatic rings. The van der Waals surface area contributed by atoms with Crippen LogP contribution in [0, 0.1) is 0 Å². The molecule has 3 rings (SSSR count). The molecular weight excluding hydrogens is 260 g/mol. The van der Waals surface area contributed by atoms with Crippen LogP contribution in [-0.2, 0) is 12.8 Å². The van der Waals surface area contributed by atoms with Gasteiger partial charge in [0.25, 0.3) is 0 Å². The van der Waals surface area contributed by atoms with Gasteiger partial charge in [-0.15, -0.1) is 0 Å². The predicted octanol–water partition coefficient (Wildman–Crippen LogP) is 2.20. The lowest BCUT2D eigenvalue weighted by Crippen LogP contribution is -2.45. The number of fused-ring (bicyclic) bond motifs is 1. The van der Waals surface area contributed by atoms with Crippen molar-refractivity contribution in [3.8, 4) is 0 Å². The zero-order valence-corrected chi connectivity index (χ0v) is 12.2. The minimum atomic E-state index is 0.405. The highest BCUT2D eigenvalue weighted by atomic mass is 35.5. The second-order valence-corrected chi connectivity index (χ2v) is 5.86. The number of anilines is 1. The molecule has 19 heavy (non-hydrogen) atoms. The first-order valence-electron chi connectivity index (χ1n) is 7.25. The molecule has 0 radical (unpaired) electrons. The highest BCUT2D eigenvalue weighted by Gasteiger charge is 2.25. The molecule has 1 N–H and O–H groups in total. The number of nitrogens with one attached hydrogen (secondary N) is 1. The number of hydrogen-bond donors (Lipinski definition) is 1. The minimum absolute atomic E-state index is 0.405. The first kappa shape index (κ1) is 13.1. The van der Waals surface area contributed by atoms with Crippen molar-refractivity contribution in [1.29, 1.82) is 0 Å². The number of hydrogen-bond acceptors (Lipinski definition) is 4. The summed E-state index contributed by atoms with van der Waals surface area (Å²) >= 11 is 6.11. The van der Waals surface area contributed by atoms with Gasteiger partial charge in [0.15, 0.2) is 0 Å². The lowest BCUT2D eigenvalue weighted by molar-refractivity contribution is 0.446. The largest absolute Gasteiger partial charge is 0.355 e. The number of likely N-dealkylation sites (N-methyl/N-ethyl adjacent to an activating group) is 1. The summed E-state index contributed by atoms with van der Waals surface area (Å²) in [5.41, 5.74) is 2.51. The molecule has 0 saturated carbocycles. The van der Waals surface area contributed by atoms with Crippen LogP contribution in [0.2, 0.25) is 5.28 Å². The maximum Gasteiger partial charge on any atom is 0.224 e. The van der Waals surface area contributed by atoms with Crippen LogP contribution < -0.4 is 10.2 Å². The highest BCUT2D eigenvalue weighted by molar-refractivity contribution is 6.28. The fourth-order valence-electron chi connectivity index (χ4n) is 3.21. The molecule has 2 heterocycles. The molecule has 1 aliphatic heterocycles. The van der Waals surface area contributed by atoms with E-state index in [1.807, 2.05) is 7.05 Å². The van der Waals surface area contributed by atoms with E-state index in [1.54, 1.807) is 0 Å². The Kier molecular flexibility index (Phi) is 3.89. The molecule has 0 aromatic carbocycles. The van der Waals surface area contributed by atoms with Gasteiger partial charge in [-0.05, 0) is 57.2 Å². The SMILES string of the molecule is CN[C@@H]1CCCN(c2nc(Cl)nc3c2CCCC3)C1. The Morgan fingerprint density at radius 2 is 2.05 bits per heavy atom. The molecule has 0 spiro atoms. The number of nitrogens with zero attached hydrogens (tertiary/aromatic N) is 3. The average molecular weight is 281 g/mol. The van der Waals surface area contributed by atoms with Crippen LogP contribution in [0.3, 0.4) is 0 Å². The molecule has 0 amide bonds. The van der Waals surface area contributed by atoms with Crippen molar-refractivity contribution in [2.24, 2.45) is 0 Å². The Morgan fingerprint density at radius 1 is 1.21 bits per heavy atom. The average Bonchev–Trinajstić information content (AvgIpc) is 2.46. The van der Waals surface area contributed by atoms with E-state index in [9.17, 15) is 0 Å². The number of halogens is 1. The van der Waals surface area contributed by atoms with Gasteiger partial charge < -0.3 is 10.2 Å². The van der Waals surface area contributed by atoms with E-state index in [4.69, 9.17) is 11.6 Å². The maximum absolute atomic E-state index is 6.11. The fraction of sp³-hybridized carbons (Fsp3) is 0.714. The van der Waals surface area contributed by atoms with Crippen LogP contribution >= 0.6 is 11.6 Å². The van der Waals surface area contributed by atoms with Gasteiger partial charge in [-0.25, -0.2) is 9.97 Å². The molecule has 0 bridgehead atoms. The quantitative estimate of drug-likeness (QED) is 0.844. The lowest BCUT2D eigenvalue weighted by Gasteiger charge is -2.35. The first-order valence-corrected chi connectivity index (χ1v) is 7.63. The number of rotatable bonds is 2. The van der Waals surface area contributed by atoms with Crippen molar-refractivity contribution >= 4 is 17.4 Å². The highest BCUT2D eigenvalue weighted by Crippen LogP contribution is 2.30. The second-order valence-electron chi connectivity index (χ2n) is 5.52. The van der Waals surface area contributed by atoms with Gasteiger partial charge in [0.2, 0.25) is 5.28 Å². The van der Waals surface area contributed by atoms with Crippen LogP contribution in [0.5, 0.6) is 0 Å². The monoisotopic (exact) mass is 280 g/mol. The summed E-state index contributed by atoms with van der Waals surface area (Å²) in [6.45, 7) is 2.11. The van der Waals surface area contributed by atoms with Gasteiger partial charge >= 0.3 is 0 Å². The fourth-order valence-corrected chi connectivity index (χ4v) is 3.39. The third-order valence-electron chi connectivity index (χ3n) is 4.26. The van der Waals surface area contributed by atoms with Gasteiger partial charge in [-0.1, -0.05) is 0 Å². The van der Waals surface area contributed by atoms with E-state index < -0.39 is 0 Å². The molecule has 104 valence electrons. The number of piperidine rings is 1. The lowest BCUT2D eigenvalue weighted by atomic mass is 9.95. The summed E-state index contributed by atoms with van der Waals surface area (Å²) in [6, 6.07) is 0.557. The Labute approximate surface area is 119 Å². The van der Waals surface area contributed by atoms with Crippen molar-refractivity contribution in [1.82, 2.24) is 15.3 Å². The van der Waals surface area contributed by atoms with Crippen molar-refractivity contribution in [2.75, 3.05) is 25.0 Å². The van der Waals surface area contributed by atoms with E-state index in [0.717, 1.165) is 31.7 Å². The molecule has 1 aliphatic carbocycles. The first-order chi connectivity index (χ1) is 9.28. The van der Waals surface area contributed by atoms with Crippen LogP contribution in [0.15, 0.2) is 0 Å². The van der Waals surface area contributed by atoms with Crippen LogP contribution in [0.25, 0.3) is 0 Å². The minimum Gasteiger partial charge on any atom is -0.355 e. The van der Waals surface area contributed by atoms with Gasteiger partial charge in [0.1, 0.15) is 5.82 Å². The molecule has 1 fully saturated rings. The van der Waals surface area contributed by atoms with E-state index in [1.165, 1.54) is 36.9 Å². The van der Waals surface area contributed by atoms with Crippen molar-refractivity contribution < 1.29 is 0 Å². The molecule has 4 nitrogen and oxygen atoms in total.